The van der Waals surface area contributed by atoms with Gasteiger partial charge >= 0.3 is 23.4 Å². The summed E-state index contributed by atoms with van der Waals surface area (Å²) in [5.41, 5.74) is 0.511. The van der Waals surface area contributed by atoms with Crippen LogP contribution < -0.4 is 5.32 Å². The van der Waals surface area contributed by atoms with Gasteiger partial charge in [-0.3, -0.25) is 8.98 Å². The lowest BCUT2D eigenvalue weighted by molar-refractivity contribution is -0.456. The minimum absolute atomic E-state index is 0.0454. The van der Waals surface area contributed by atoms with E-state index in [0.717, 1.165) is 58.5 Å². The number of amides is 1. The molecule has 3 unspecified atom stereocenters. The third kappa shape index (κ3) is 11.5. The van der Waals surface area contributed by atoms with Crippen LogP contribution in [0.2, 0.25) is 0 Å². The van der Waals surface area contributed by atoms with Gasteiger partial charge in [-0.1, -0.05) is 68.9 Å². The van der Waals surface area contributed by atoms with Gasteiger partial charge in [-0.2, -0.15) is 35.1 Å². The van der Waals surface area contributed by atoms with Crippen molar-refractivity contribution in [1.82, 2.24) is 5.32 Å². The van der Waals surface area contributed by atoms with E-state index in [9.17, 15) is 35.3 Å². The number of rotatable bonds is 18. The minimum atomic E-state index is -6.51. The van der Waals surface area contributed by atoms with Gasteiger partial charge in [0.1, 0.15) is 25.1 Å². The molecule has 4 rings (SSSR count). The fourth-order valence-corrected chi connectivity index (χ4v) is 7.01. The molecular weight excluding hydrogens is 766 g/mol. The van der Waals surface area contributed by atoms with E-state index in [1.807, 2.05) is 0 Å². The molecule has 11 nitrogen and oxygen atoms in total. The van der Waals surface area contributed by atoms with Crippen molar-refractivity contribution in [3.8, 4) is 0 Å². The first-order chi connectivity index (χ1) is 25.5. The maximum absolute atomic E-state index is 15.1. The molecule has 0 bridgehead atoms. The molecule has 2 aliphatic heterocycles. The highest BCUT2D eigenvalue weighted by Crippen LogP contribution is 2.48. The number of methoxy groups -OCH3 is 1. The van der Waals surface area contributed by atoms with Crippen LogP contribution in [0.1, 0.15) is 83.0 Å². The molecule has 20 heteroatoms. The van der Waals surface area contributed by atoms with Crippen molar-refractivity contribution < 1.29 is 81.5 Å². The molecule has 2 saturated heterocycles. The molecule has 1 aromatic carbocycles. The number of fused-ring (bicyclic) bond motifs is 1. The standard InChI is InChI=1S/C34H47F8NO10S/c1-3-47-21-49-27-26-24(20-48-29(51-26)23-15-11-8-12-16-23)50-30(46-2)28(27)52-54(45)34(41,42)33(39,40)53-32(37,38)31(35,36)18-17-25(44)43-19-22-13-9-6-4-5-7-10-14-22/h8,11-12,15-16,22,24,26-30H,3-7,9-10,13-14,17-21H2,1-2H3,(H,43,44)/t24?,26-,27+,28+,29?,30-,54?/m1/s1. The smallest absolute Gasteiger partial charge is 0.356 e. The zero-order chi connectivity index (χ0) is 39.6. The first-order valence-electron chi connectivity index (χ1n) is 17.8. The number of hydrogen-bond donors (Lipinski definition) is 1. The highest BCUT2D eigenvalue weighted by molar-refractivity contribution is 7.81. The molecule has 1 N–H and O–H groups in total. The molecule has 1 saturated carbocycles. The molecule has 2 heterocycles. The van der Waals surface area contributed by atoms with Crippen molar-refractivity contribution >= 4 is 17.0 Å². The molecule has 0 radical (unpaired) electrons. The minimum Gasteiger partial charge on any atom is -0.356 e. The summed E-state index contributed by atoms with van der Waals surface area (Å²) < 4.78 is 172. The summed E-state index contributed by atoms with van der Waals surface area (Å²) in [6.07, 6.45) is -17.4. The van der Waals surface area contributed by atoms with Gasteiger partial charge in [0.05, 0.1) is 6.61 Å². The Morgan fingerprint density at radius 1 is 0.907 bits per heavy atom. The fraction of sp³-hybridized carbons (Fsp3) is 0.794. The Hall–Kier alpha value is -2.04. The number of alkyl halides is 8. The van der Waals surface area contributed by atoms with Crippen LogP contribution >= 0.6 is 0 Å². The normalized spacial score (nSPS) is 27.3. The largest absolute Gasteiger partial charge is 0.439 e. The molecular formula is C34H47F8NO10S. The van der Waals surface area contributed by atoms with Crippen LogP contribution in [0.25, 0.3) is 0 Å². The average molecular weight is 814 g/mol. The maximum atomic E-state index is 15.1. The molecule has 0 spiro atoms. The van der Waals surface area contributed by atoms with E-state index in [0.29, 0.717) is 5.56 Å². The Balaban J connectivity index is 1.42. The van der Waals surface area contributed by atoms with Gasteiger partial charge in [-0.15, -0.1) is 0 Å². The van der Waals surface area contributed by atoms with Crippen LogP contribution in [0, 0.1) is 5.92 Å². The summed E-state index contributed by atoms with van der Waals surface area (Å²) >= 11 is -4.60. The summed E-state index contributed by atoms with van der Waals surface area (Å²) in [6, 6.07) is 8.34. The van der Waals surface area contributed by atoms with E-state index >= 15 is 8.78 Å². The number of ether oxygens (including phenoxy) is 7. The van der Waals surface area contributed by atoms with Crippen LogP contribution in [0.3, 0.4) is 0 Å². The SMILES string of the molecule is CCOCO[C@@H]1[C@H](OS(=O)C(F)(F)C(F)(F)OC(F)(F)C(F)(F)CCC(=O)NCC2CCCCCCCC2)[C@H](OC)OC2COC(c3ccccc3)O[C@H]21. The zero-order valence-electron chi connectivity index (χ0n) is 29.8. The van der Waals surface area contributed by atoms with Gasteiger partial charge < -0.3 is 33.7 Å². The van der Waals surface area contributed by atoms with Crippen molar-refractivity contribution in [2.75, 3.05) is 33.7 Å². The van der Waals surface area contributed by atoms with Crippen molar-refractivity contribution in [3.63, 3.8) is 0 Å². The zero-order valence-corrected chi connectivity index (χ0v) is 30.7. The number of carbonyl (C=O) groups excluding carboxylic acids is 1. The van der Waals surface area contributed by atoms with Crippen LogP contribution in [0.4, 0.5) is 35.1 Å². The molecule has 3 aliphatic rings. The van der Waals surface area contributed by atoms with E-state index in [2.05, 4.69) is 10.1 Å². The molecule has 0 aromatic heterocycles. The van der Waals surface area contributed by atoms with E-state index in [1.54, 1.807) is 37.3 Å². The van der Waals surface area contributed by atoms with Crippen molar-refractivity contribution in [1.29, 1.82) is 0 Å². The first-order valence-corrected chi connectivity index (χ1v) is 18.9. The quantitative estimate of drug-likeness (QED) is 0.0946. The van der Waals surface area contributed by atoms with Gasteiger partial charge in [0.2, 0.25) is 17.0 Å². The van der Waals surface area contributed by atoms with Gasteiger partial charge in [0.25, 0.3) is 0 Å². The predicted molar refractivity (Wildman–Crippen MR) is 174 cm³/mol. The topological polar surface area (TPSA) is 120 Å². The van der Waals surface area contributed by atoms with E-state index in [-0.39, 0.29) is 25.7 Å². The fourth-order valence-electron chi connectivity index (χ4n) is 6.26. The monoisotopic (exact) mass is 813 g/mol. The third-order valence-corrected chi connectivity index (χ3v) is 10.3. The lowest BCUT2D eigenvalue weighted by atomic mass is 9.97. The van der Waals surface area contributed by atoms with E-state index in [4.69, 9.17) is 32.6 Å². The van der Waals surface area contributed by atoms with Gasteiger partial charge in [-0.25, -0.2) is 8.95 Å². The maximum Gasteiger partial charge on any atom is 0.439 e. The lowest BCUT2D eigenvalue weighted by Crippen LogP contribution is -2.64. The van der Waals surface area contributed by atoms with Gasteiger partial charge in [0.15, 0.2) is 18.7 Å². The second-order valence-electron chi connectivity index (χ2n) is 13.2. The summed E-state index contributed by atoms with van der Waals surface area (Å²) in [4.78, 5) is 12.2. The van der Waals surface area contributed by atoms with Crippen molar-refractivity contribution in [2.45, 2.75) is 132 Å². The van der Waals surface area contributed by atoms with Crippen LogP contribution in [-0.2, 0) is 53.2 Å². The number of carbonyl (C=O) groups is 1. The van der Waals surface area contributed by atoms with Crippen molar-refractivity contribution in [3.05, 3.63) is 35.9 Å². The second kappa shape index (κ2) is 19.9. The van der Waals surface area contributed by atoms with E-state index in [1.165, 1.54) is 0 Å². The molecule has 1 aliphatic carbocycles. The van der Waals surface area contributed by atoms with E-state index < -0.39 is 97.0 Å². The van der Waals surface area contributed by atoms with Gasteiger partial charge in [0, 0.05) is 38.7 Å². The molecule has 310 valence electrons. The Morgan fingerprint density at radius 3 is 2.19 bits per heavy atom. The molecule has 7 atom stereocenters. The molecule has 1 aromatic rings. The van der Waals surface area contributed by atoms with Gasteiger partial charge in [-0.05, 0) is 25.7 Å². The summed E-state index contributed by atoms with van der Waals surface area (Å²) in [5.74, 6) is -6.55. The average Bonchev–Trinajstić information content (AvgIpc) is 3.27. The molecule has 1 amide bonds. The summed E-state index contributed by atoms with van der Waals surface area (Å²) in [6.45, 7) is 1.08. The Bertz CT molecular complexity index is 1330. The number of halogens is 8. The van der Waals surface area contributed by atoms with Crippen LogP contribution in [-0.4, -0.2) is 97.9 Å². The first kappa shape index (κ1) is 44.7. The second-order valence-corrected chi connectivity index (χ2v) is 14.4. The Kier molecular flexibility index (Phi) is 16.5. The Labute approximate surface area is 310 Å². The molecule has 3 fully saturated rings. The van der Waals surface area contributed by atoms with Crippen LogP contribution in [0.5, 0.6) is 0 Å². The number of hydrogen-bond acceptors (Lipinski definition) is 10. The highest BCUT2D eigenvalue weighted by atomic mass is 32.2. The predicted octanol–water partition coefficient (Wildman–Crippen LogP) is 6.98. The summed E-state index contributed by atoms with van der Waals surface area (Å²) in [7, 11) is 0.999. The Morgan fingerprint density at radius 2 is 1.56 bits per heavy atom. The van der Waals surface area contributed by atoms with Crippen LogP contribution in [0.15, 0.2) is 30.3 Å². The van der Waals surface area contributed by atoms with Crippen molar-refractivity contribution in [2.24, 2.45) is 5.92 Å². The number of nitrogens with one attached hydrogen (secondary N) is 1. The molecule has 54 heavy (non-hydrogen) atoms. The summed E-state index contributed by atoms with van der Waals surface area (Å²) in [5, 5.41) is -3.79. The highest BCUT2D eigenvalue weighted by Gasteiger charge is 2.72. The third-order valence-electron chi connectivity index (χ3n) is 9.29. The number of benzene rings is 1. The lowest BCUT2D eigenvalue weighted by Gasteiger charge is -2.48.